The smallest absolute Gasteiger partial charge is 0.166 e. The Balaban J connectivity index is 3.11. The van der Waals surface area contributed by atoms with Crippen LogP contribution in [-0.4, -0.2) is 45.1 Å². The number of thiocarbonyl (C=S) groups is 1. The molecule has 0 bridgehead atoms. The molecule has 0 radical (unpaired) electrons. The van der Waals surface area contributed by atoms with Crippen molar-refractivity contribution in [3.05, 3.63) is 0 Å². The average Bonchev–Trinajstić information content (AvgIpc) is 2.19. The molecule has 0 heterocycles. The molecule has 4 nitrogen and oxygen atoms in total. The van der Waals surface area contributed by atoms with Crippen molar-refractivity contribution in [2.24, 2.45) is 0 Å². The van der Waals surface area contributed by atoms with Crippen molar-refractivity contribution in [3.8, 4) is 0 Å². The summed E-state index contributed by atoms with van der Waals surface area (Å²) in [6.45, 7) is 5.76. The van der Waals surface area contributed by atoms with Gasteiger partial charge in [-0.25, -0.2) is 0 Å². The standard InChI is InChI=1S/C9H20N2O2S/c1-3-13-8-6-11-9(14)10-5-4-7-12-2/h3-8H2,1-2H3,(H2,10,11,14). The van der Waals surface area contributed by atoms with Gasteiger partial charge in [0.2, 0.25) is 0 Å². The van der Waals surface area contributed by atoms with Crippen LogP contribution in [0.5, 0.6) is 0 Å². The van der Waals surface area contributed by atoms with Crippen LogP contribution in [-0.2, 0) is 9.47 Å². The first kappa shape index (κ1) is 13.6. The summed E-state index contributed by atoms with van der Waals surface area (Å²) < 4.78 is 10.1. The molecule has 0 rings (SSSR count). The van der Waals surface area contributed by atoms with E-state index in [0.29, 0.717) is 11.7 Å². The van der Waals surface area contributed by atoms with Gasteiger partial charge in [-0.05, 0) is 25.6 Å². The second kappa shape index (κ2) is 10.7. The van der Waals surface area contributed by atoms with Gasteiger partial charge in [0.1, 0.15) is 0 Å². The third-order valence-electron chi connectivity index (χ3n) is 1.55. The molecule has 0 aliphatic heterocycles. The lowest BCUT2D eigenvalue weighted by molar-refractivity contribution is 0.152. The van der Waals surface area contributed by atoms with Crippen LogP contribution in [0.15, 0.2) is 0 Å². The zero-order valence-corrected chi connectivity index (χ0v) is 9.78. The van der Waals surface area contributed by atoms with Crippen LogP contribution in [0, 0.1) is 0 Å². The summed E-state index contributed by atoms with van der Waals surface area (Å²) in [6, 6.07) is 0. The van der Waals surface area contributed by atoms with Crippen LogP contribution in [0.4, 0.5) is 0 Å². The fourth-order valence-electron chi connectivity index (χ4n) is 0.862. The molecular weight excluding hydrogens is 200 g/mol. The van der Waals surface area contributed by atoms with Crippen molar-refractivity contribution in [2.75, 3.05) is 40.0 Å². The molecule has 0 aliphatic rings. The maximum atomic E-state index is 5.16. The quantitative estimate of drug-likeness (QED) is 0.461. The first-order valence-corrected chi connectivity index (χ1v) is 5.30. The predicted octanol–water partition coefficient (Wildman–Crippen LogP) is 0.523. The monoisotopic (exact) mass is 220 g/mol. The molecule has 0 saturated carbocycles. The Hall–Kier alpha value is -0.390. The van der Waals surface area contributed by atoms with Crippen LogP contribution >= 0.6 is 12.2 Å². The Morgan fingerprint density at radius 3 is 2.57 bits per heavy atom. The maximum absolute atomic E-state index is 5.16. The van der Waals surface area contributed by atoms with Gasteiger partial charge in [0.05, 0.1) is 6.61 Å². The van der Waals surface area contributed by atoms with Crippen LogP contribution in [0.1, 0.15) is 13.3 Å². The normalized spacial score (nSPS) is 9.86. The van der Waals surface area contributed by atoms with E-state index in [0.717, 1.165) is 32.7 Å². The average molecular weight is 220 g/mol. The SMILES string of the molecule is CCOCCNC(=S)NCCCOC. The van der Waals surface area contributed by atoms with Gasteiger partial charge in [-0.1, -0.05) is 0 Å². The fourth-order valence-corrected chi connectivity index (χ4v) is 1.07. The van der Waals surface area contributed by atoms with Crippen LogP contribution in [0.3, 0.4) is 0 Å². The van der Waals surface area contributed by atoms with Gasteiger partial charge in [0, 0.05) is 33.4 Å². The molecule has 0 aromatic rings. The second-order valence-corrected chi connectivity index (χ2v) is 3.13. The van der Waals surface area contributed by atoms with E-state index in [4.69, 9.17) is 21.7 Å². The summed E-state index contributed by atoms with van der Waals surface area (Å²) in [6.07, 6.45) is 0.962. The zero-order chi connectivity index (χ0) is 10.6. The van der Waals surface area contributed by atoms with E-state index in [9.17, 15) is 0 Å². The predicted molar refractivity (Wildman–Crippen MR) is 61.6 cm³/mol. The van der Waals surface area contributed by atoms with Gasteiger partial charge < -0.3 is 20.1 Å². The zero-order valence-electron chi connectivity index (χ0n) is 8.97. The van der Waals surface area contributed by atoms with E-state index in [1.165, 1.54) is 0 Å². The van der Waals surface area contributed by atoms with Gasteiger partial charge in [-0.2, -0.15) is 0 Å². The molecule has 0 amide bonds. The van der Waals surface area contributed by atoms with Crippen LogP contribution < -0.4 is 10.6 Å². The summed E-state index contributed by atoms with van der Waals surface area (Å²) in [7, 11) is 1.69. The number of nitrogens with one attached hydrogen (secondary N) is 2. The fraction of sp³-hybridized carbons (Fsp3) is 0.889. The number of methoxy groups -OCH3 is 1. The number of hydrogen-bond acceptors (Lipinski definition) is 3. The molecule has 5 heteroatoms. The Morgan fingerprint density at radius 1 is 1.21 bits per heavy atom. The number of hydrogen-bond donors (Lipinski definition) is 2. The molecule has 14 heavy (non-hydrogen) atoms. The van der Waals surface area contributed by atoms with Crippen molar-refractivity contribution >= 4 is 17.3 Å². The first-order chi connectivity index (χ1) is 6.81. The third-order valence-corrected chi connectivity index (χ3v) is 1.84. The molecule has 84 valence electrons. The Kier molecular flexibility index (Phi) is 10.4. The summed E-state index contributed by atoms with van der Waals surface area (Å²) >= 11 is 5.03. The highest BCUT2D eigenvalue weighted by molar-refractivity contribution is 7.80. The molecule has 0 atom stereocenters. The van der Waals surface area contributed by atoms with Crippen LogP contribution in [0.2, 0.25) is 0 Å². The molecule has 0 fully saturated rings. The second-order valence-electron chi connectivity index (χ2n) is 2.73. The highest BCUT2D eigenvalue weighted by Gasteiger charge is 1.93. The topological polar surface area (TPSA) is 42.5 Å². The van der Waals surface area contributed by atoms with Crippen molar-refractivity contribution in [1.29, 1.82) is 0 Å². The molecule has 0 spiro atoms. The molecule has 0 unspecified atom stereocenters. The molecule has 0 aromatic carbocycles. The first-order valence-electron chi connectivity index (χ1n) is 4.89. The molecule has 0 aromatic heterocycles. The van der Waals surface area contributed by atoms with E-state index >= 15 is 0 Å². The molecule has 2 N–H and O–H groups in total. The highest BCUT2D eigenvalue weighted by Crippen LogP contribution is 1.77. The minimum Gasteiger partial charge on any atom is -0.385 e. The van der Waals surface area contributed by atoms with E-state index in [2.05, 4.69) is 10.6 Å². The Morgan fingerprint density at radius 2 is 1.93 bits per heavy atom. The summed E-state index contributed by atoms with van der Waals surface area (Å²) in [5.74, 6) is 0. The number of rotatable bonds is 8. The highest BCUT2D eigenvalue weighted by atomic mass is 32.1. The van der Waals surface area contributed by atoms with Crippen molar-refractivity contribution in [2.45, 2.75) is 13.3 Å². The van der Waals surface area contributed by atoms with Gasteiger partial charge in [0.25, 0.3) is 0 Å². The largest absolute Gasteiger partial charge is 0.385 e. The van der Waals surface area contributed by atoms with E-state index < -0.39 is 0 Å². The lowest BCUT2D eigenvalue weighted by Gasteiger charge is -2.09. The van der Waals surface area contributed by atoms with Gasteiger partial charge in [-0.15, -0.1) is 0 Å². The van der Waals surface area contributed by atoms with E-state index in [-0.39, 0.29) is 0 Å². The molecule has 0 aliphatic carbocycles. The molecular formula is C9H20N2O2S. The van der Waals surface area contributed by atoms with Gasteiger partial charge in [-0.3, -0.25) is 0 Å². The van der Waals surface area contributed by atoms with Crippen molar-refractivity contribution in [1.82, 2.24) is 10.6 Å². The van der Waals surface area contributed by atoms with E-state index in [1.54, 1.807) is 7.11 Å². The lowest BCUT2D eigenvalue weighted by atomic mass is 10.4. The minimum absolute atomic E-state index is 0.681. The maximum Gasteiger partial charge on any atom is 0.166 e. The minimum atomic E-state index is 0.681. The Labute approximate surface area is 91.3 Å². The van der Waals surface area contributed by atoms with Gasteiger partial charge >= 0.3 is 0 Å². The number of ether oxygens (including phenoxy) is 2. The summed E-state index contributed by atoms with van der Waals surface area (Å²) in [5.41, 5.74) is 0. The summed E-state index contributed by atoms with van der Waals surface area (Å²) in [5, 5.41) is 6.81. The van der Waals surface area contributed by atoms with Crippen LogP contribution in [0.25, 0.3) is 0 Å². The third kappa shape index (κ3) is 9.70. The molecule has 0 saturated heterocycles. The summed E-state index contributed by atoms with van der Waals surface area (Å²) in [4.78, 5) is 0. The van der Waals surface area contributed by atoms with Crippen molar-refractivity contribution in [3.63, 3.8) is 0 Å². The van der Waals surface area contributed by atoms with E-state index in [1.807, 2.05) is 6.92 Å². The Bertz CT molecular complexity index is 131. The lowest BCUT2D eigenvalue weighted by Crippen LogP contribution is -2.37. The van der Waals surface area contributed by atoms with Gasteiger partial charge in [0.15, 0.2) is 5.11 Å². The van der Waals surface area contributed by atoms with Crippen molar-refractivity contribution < 1.29 is 9.47 Å².